The summed E-state index contributed by atoms with van der Waals surface area (Å²) in [6.07, 6.45) is 2.62. The first-order chi connectivity index (χ1) is 20.6. The Hall–Kier alpha value is -4.93. The number of rotatable bonds is 16. The molecule has 3 aromatic carbocycles. The number of fused-ring (bicyclic) bond motifs is 1. The fourth-order valence-electron chi connectivity index (χ4n) is 4.83. The number of hydrogen-bond acceptors (Lipinski definition) is 5. The van der Waals surface area contributed by atoms with Crippen LogP contribution in [0.4, 0.5) is 0 Å². The maximum Gasteiger partial charge on any atom is 0.326 e. The molecule has 3 rings (SSSR count). The molecule has 0 aliphatic rings. The molecule has 1 unspecified atom stereocenters. The Morgan fingerprint density at radius 3 is 2.14 bits per heavy atom. The number of guanidine groups is 1. The highest BCUT2D eigenvalue weighted by Crippen LogP contribution is 2.26. The number of carbonyl (C=O) groups is 3. The number of aliphatic carboxylic acids is 1. The summed E-state index contributed by atoms with van der Waals surface area (Å²) >= 11 is 0. The highest BCUT2D eigenvalue weighted by molar-refractivity contribution is 5.95. The summed E-state index contributed by atoms with van der Waals surface area (Å²) < 4.78 is 0. The van der Waals surface area contributed by atoms with E-state index in [0.717, 1.165) is 28.3 Å². The fourth-order valence-corrected chi connectivity index (χ4v) is 4.83. The molecule has 0 saturated heterocycles. The lowest BCUT2D eigenvalue weighted by atomic mass is 9.89. The quantitative estimate of drug-likeness (QED) is 0.0756. The summed E-state index contributed by atoms with van der Waals surface area (Å²) in [6.45, 7) is 2.21. The Morgan fingerprint density at radius 2 is 1.51 bits per heavy atom. The van der Waals surface area contributed by atoms with Gasteiger partial charge in [0.2, 0.25) is 11.8 Å². The van der Waals surface area contributed by atoms with Crippen LogP contribution in [0, 0.1) is 5.41 Å². The van der Waals surface area contributed by atoms with Gasteiger partial charge in [0.05, 0.1) is 5.92 Å². The molecule has 0 radical (unpaired) electrons. The van der Waals surface area contributed by atoms with Crippen LogP contribution in [0.3, 0.4) is 0 Å². The third-order valence-corrected chi connectivity index (χ3v) is 7.24. The van der Waals surface area contributed by atoms with Gasteiger partial charge < -0.3 is 32.9 Å². The summed E-state index contributed by atoms with van der Waals surface area (Å²) in [5, 5.41) is 24.9. The van der Waals surface area contributed by atoms with Crippen molar-refractivity contribution in [2.75, 3.05) is 6.54 Å². The van der Waals surface area contributed by atoms with Gasteiger partial charge in [0, 0.05) is 12.1 Å². The first-order valence-corrected chi connectivity index (χ1v) is 14.4. The Labute approximate surface area is 251 Å². The van der Waals surface area contributed by atoms with Gasteiger partial charge >= 0.3 is 5.97 Å². The van der Waals surface area contributed by atoms with E-state index in [2.05, 4.69) is 15.6 Å². The molecule has 0 heterocycles. The third-order valence-electron chi connectivity index (χ3n) is 7.24. The molecular weight excluding hydrogens is 546 g/mol. The maximum atomic E-state index is 13.9. The molecule has 0 spiro atoms. The van der Waals surface area contributed by atoms with Gasteiger partial charge in [-0.1, -0.05) is 86.5 Å². The van der Waals surface area contributed by atoms with Gasteiger partial charge in [0.1, 0.15) is 17.9 Å². The molecule has 228 valence electrons. The minimum absolute atomic E-state index is 0.0453. The van der Waals surface area contributed by atoms with Gasteiger partial charge in [-0.2, -0.15) is 0 Å². The highest BCUT2D eigenvalue weighted by Gasteiger charge is 2.29. The zero-order valence-corrected chi connectivity index (χ0v) is 24.4. The summed E-state index contributed by atoms with van der Waals surface area (Å²) in [4.78, 5) is 43.0. The molecule has 2 amide bonds. The standard InChI is InChI=1S/C32H41N7O4/c1-2-3-9-26(30(41)39-27(31(42)43)10-6-17-37-32(35)36)38-29(40)25(18-20-11-13-22(14-12-20)28(33)34)24-16-15-21-7-4-5-8-23(21)19-24/h4-5,7-8,11-16,19,25-27H,2-3,6,9-10,17-18H2,1H3,(H3,33,34)(H,38,40)(H,39,41)(H,42,43)(H4,35,36,37)/t25?,26-,27-/m0/s1. The third kappa shape index (κ3) is 9.84. The van der Waals surface area contributed by atoms with E-state index in [-0.39, 0.29) is 30.7 Å². The zero-order chi connectivity index (χ0) is 31.4. The highest BCUT2D eigenvalue weighted by atomic mass is 16.4. The van der Waals surface area contributed by atoms with E-state index in [4.69, 9.17) is 22.6 Å². The summed E-state index contributed by atoms with van der Waals surface area (Å²) in [5.41, 5.74) is 18.5. The van der Waals surface area contributed by atoms with E-state index in [1.54, 1.807) is 12.1 Å². The monoisotopic (exact) mass is 587 g/mol. The number of hydrogen-bond donors (Lipinski definition) is 7. The number of amides is 2. The first-order valence-electron chi connectivity index (χ1n) is 14.4. The second-order valence-corrected chi connectivity index (χ2v) is 10.5. The second kappa shape index (κ2) is 15.9. The number of carboxylic acids is 1. The molecule has 0 aromatic heterocycles. The number of amidine groups is 1. The summed E-state index contributed by atoms with van der Waals surface area (Å²) in [7, 11) is 0. The fraction of sp³-hybridized carbons (Fsp3) is 0.344. The van der Waals surface area contributed by atoms with Crippen molar-refractivity contribution in [3.63, 3.8) is 0 Å². The van der Waals surface area contributed by atoms with Crippen LogP contribution in [0.25, 0.3) is 10.8 Å². The maximum absolute atomic E-state index is 13.9. The van der Waals surface area contributed by atoms with Crippen LogP contribution in [-0.4, -0.2) is 53.3 Å². The van der Waals surface area contributed by atoms with Crippen LogP contribution in [0.15, 0.2) is 71.7 Å². The summed E-state index contributed by atoms with van der Waals surface area (Å²) in [5.74, 6) is -2.85. The van der Waals surface area contributed by atoms with Crippen molar-refractivity contribution >= 4 is 40.4 Å². The van der Waals surface area contributed by atoms with Crippen molar-refractivity contribution in [2.45, 2.75) is 63.5 Å². The minimum atomic E-state index is -1.18. The number of nitrogens with zero attached hydrogens (tertiary/aromatic N) is 1. The van der Waals surface area contributed by atoms with Crippen molar-refractivity contribution in [3.8, 4) is 0 Å². The van der Waals surface area contributed by atoms with E-state index in [1.807, 2.05) is 61.5 Å². The van der Waals surface area contributed by atoms with Crippen LogP contribution in [-0.2, 0) is 20.8 Å². The van der Waals surface area contributed by atoms with E-state index in [1.165, 1.54) is 0 Å². The molecule has 43 heavy (non-hydrogen) atoms. The number of carboxylic acid groups (broad SMARTS) is 1. The number of aliphatic imine (C=N–C) groups is 1. The molecule has 0 fully saturated rings. The molecule has 0 aliphatic carbocycles. The Balaban J connectivity index is 1.85. The Morgan fingerprint density at radius 1 is 0.860 bits per heavy atom. The van der Waals surface area contributed by atoms with E-state index >= 15 is 0 Å². The lowest BCUT2D eigenvalue weighted by Gasteiger charge is -2.24. The van der Waals surface area contributed by atoms with E-state index in [0.29, 0.717) is 31.2 Å². The van der Waals surface area contributed by atoms with Crippen LogP contribution < -0.4 is 27.8 Å². The van der Waals surface area contributed by atoms with Gasteiger partial charge in [-0.05, 0) is 47.6 Å². The topological polar surface area (TPSA) is 210 Å². The SMILES string of the molecule is CCCC[C@H](NC(=O)C(Cc1ccc(C(=N)N)cc1)c1ccc2ccccc2c1)C(=O)N[C@@H](CCCN=C(N)N)C(=O)O. The zero-order valence-electron chi connectivity index (χ0n) is 24.4. The van der Waals surface area contributed by atoms with Gasteiger partial charge in [-0.15, -0.1) is 0 Å². The average molecular weight is 588 g/mol. The predicted octanol–water partition coefficient (Wildman–Crippen LogP) is 2.75. The largest absolute Gasteiger partial charge is 0.480 e. The lowest BCUT2D eigenvalue weighted by molar-refractivity contribution is -0.142. The van der Waals surface area contributed by atoms with Crippen molar-refractivity contribution in [3.05, 3.63) is 83.4 Å². The van der Waals surface area contributed by atoms with Gasteiger partial charge in [0.15, 0.2) is 5.96 Å². The van der Waals surface area contributed by atoms with E-state index < -0.39 is 29.9 Å². The smallest absolute Gasteiger partial charge is 0.326 e. The van der Waals surface area contributed by atoms with Crippen LogP contribution in [0.1, 0.15) is 61.6 Å². The molecule has 0 aliphatic heterocycles. The van der Waals surface area contributed by atoms with Gasteiger partial charge in [-0.25, -0.2) is 4.79 Å². The van der Waals surface area contributed by atoms with Crippen molar-refractivity contribution in [1.82, 2.24) is 10.6 Å². The normalized spacial score (nSPS) is 13.0. The number of unbranched alkanes of at least 4 members (excludes halogenated alkanes) is 1. The summed E-state index contributed by atoms with van der Waals surface area (Å²) in [6, 6.07) is 18.8. The van der Waals surface area contributed by atoms with Crippen molar-refractivity contribution < 1.29 is 19.5 Å². The predicted molar refractivity (Wildman–Crippen MR) is 169 cm³/mol. The molecule has 0 saturated carbocycles. The molecular formula is C32H41N7O4. The van der Waals surface area contributed by atoms with Gasteiger partial charge in [0.25, 0.3) is 0 Å². The first kappa shape index (κ1) is 32.6. The average Bonchev–Trinajstić information content (AvgIpc) is 2.99. The molecule has 10 N–H and O–H groups in total. The van der Waals surface area contributed by atoms with Crippen LogP contribution in [0.2, 0.25) is 0 Å². The minimum Gasteiger partial charge on any atom is -0.480 e. The molecule has 3 atom stereocenters. The van der Waals surface area contributed by atoms with Crippen LogP contribution in [0.5, 0.6) is 0 Å². The molecule has 3 aromatic rings. The number of carbonyl (C=O) groups excluding carboxylic acids is 2. The second-order valence-electron chi connectivity index (χ2n) is 10.5. The number of benzene rings is 3. The number of nitrogens with one attached hydrogen (secondary N) is 3. The van der Waals surface area contributed by atoms with Crippen molar-refractivity contribution in [1.29, 1.82) is 5.41 Å². The Kier molecular flexibility index (Phi) is 12.1. The van der Waals surface area contributed by atoms with Crippen LogP contribution >= 0.6 is 0 Å². The molecule has 11 heteroatoms. The number of nitrogens with two attached hydrogens (primary N) is 3. The lowest BCUT2D eigenvalue weighted by Crippen LogP contribution is -2.52. The van der Waals surface area contributed by atoms with E-state index in [9.17, 15) is 19.5 Å². The number of nitrogen functional groups attached to an aromatic ring is 1. The van der Waals surface area contributed by atoms with Gasteiger partial charge in [-0.3, -0.25) is 20.0 Å². The molecule has 11 nitrogen and oxygen atoms in total. The Bertz CT molecular complexity index is 1450. The van der Waals surface area contributed by atoms with Crippen molar-refractivity contribution in [2.24, 2.45) is 22.2 Å². The molecule has 0 bridgehead atoms.